The number of hydrogen-bond donors (Lipinski definition) is 2. The van der Waals surface area contributed by atoms with Gasteiger partial charge in [0.05, 0.1) is 13.2 Å². The predicted molar refractivity (Wildman–Crippen MR) is 108 cm³/mol. The average molecular weight is 385 g/mol. The van der Waals surface area contributed by atoms with Crippen molar-refractivity contribution in [1.82, 2.24) is 10.6 Å². The van der Waals surface area contributed by atoms with Gasteiger partial charge in [-0.15, -0.1) is 12.4 Å². The molecule has 0 atom stereocenters. The van der Waals surface area contributed by atoms with Crippen molar-refractivity contribution in [3.05, 3.63) is 23.8 Å². The number of carbonyl (C=O) groups excluding carboxylic acids is 1. The summed E-state index contributed by atoms with van der Waals surface area (Å²) in [6, 6.07) is 5.44. The van der Waals surface area contributed by atoms with Crippen molar-refractivity contribution in [3.63, 3.8) is 0 Å². The number of benzene rings is 1. The minimum atomic E-state index is -0.0526. The molecule has 0 bridgehead atoms. The maximum Gasteiger partial charge on any atom is 0.251 e. The van der Waals surface area contributed by atoms with E-state index in [1.807, 2.05) is 12.1 Å². The Hall–Kier alpha value is -1.46. The zero-order valence-corrected chi connectivity index (χ0v) is 17.0. The van der Waals surface area contributed by atoms with Crippen LogP contribution in [0.25, 0.3) is 0 Å². The van der Waals surface area contributed by atoms with Crippen molar-refractivity contribution in [3.8, 4) is 11.5 Å². The maximum atomic E-state index is 12.6. The summed E-state index contributed by atoms with van der Waals surface area (Å²) >= 11 is 0. The second-order valence-electron chi connectivity index (χ2n) is 7.10. The number of nitrogens with one attached hydrogen (secondary N) is 2. The minimum absolute atomic E-state index is 0. The molecule has 1 heterocycles. The molecular weight excluding hydrogens is 352 g/mol. The van der Waals surface area contributed by atoms with E-state index in [0.717, 1.165) is 38.8 Å². The van der Waals surface area contributed by atoms with E-state index in [2.05, 4.69) is 31.4 Å². The molecule has 0 unspecified atom stereocenters. The lowest BCUT2D eigenvalue weighted by atomic mass is 9.81. The molecule has 1 fully saturated rings. The summed E-state index contributed by atoms with van der Waals surface area (Å²) in [6.45, 7) is 10.4. The fraction of sp³-hybridized carbons (Fsp3) is 0.650. The highest BCUT2D eigenvalue weighted by Gasteiger charge is 2.27. The third-order valence-corrected chi connectivity index (χ3v) is 4.62. The van der Waals surface area contributed by atoms with Gasteiger partial charge in [0.25, 0.3) is 5.91 Å². The molecule has 5 nitrogen and oxygen atoms in total. The van der Waals surface area contributed by atoms with Crippen molar-refractivity contribution >= 4 is 18.3 Å². The number of halogens is 1. The van der Waals surface area contributed by atoms with E-state index in [1.165, 1.54) is 0 Å². The van der Waals surface area contributed by atoms with Crippen LogP contribution in [0, 0.1) is 5.41 Å². The van der Waals surface area contributed by atoms with E-state index in [0.29, 0.717) is 36.8 Å². The number of piperidine rings is 1. The van der Waals surface area contributed by atoms with Gasteiger partial charge in [0.2, 0.25) is 0 Å². The van der Waals surface area contributed by atoms with Gasteiger partial charge in [0.1, 0.15) is 0 Å². The van der Waals surface area contributed by atoms with Crippen LogP contribution in [0.1, 0.15) is 56.8 Å². The lowest BCUT2D eigenvalue weighted by Gasteiger charge is -2.34. The zero-order chi connectivity index (χ0) is 18.1. The van der Waals surface area contributed by atoms with Gasteiger partial charge in [-0.3, -0.25) is 4.79 Å². The molecule has 0 saturated carbocycles. The number of hydrogen-bond acceptors (Lipinski definition) is 4. The minimum Gasteiger partial charge on any atom is -0.490 e. The van der Waals surface area contributed by atoms with E-state index < -0.39 is 0 Å². The third-order valence-electron chi connectivity index (χ3n) is 4.62. The van der Waals surface area contributed by atoms with Gasteiger partial charge in [0, 0.05) is 12.1 Å². The largest absolute Gasteiger partial charge is 0.490 e. The summed E-state index contributed by atoms with van der Waals surface area (Å²) in [5.74, 6) is 1.30. The van der Waals surface area contributed by atoms with Crippen LogP contribution < -0.4 is 20.1 Å². The van der Waals surface area contributed by atoms with Crippen LogP contribution >= 0.6 is 12.4 Å². The smallest absolute Gasteiger partial charge is 0.251 e. The van der Waals surface area contributed by atoms with Crippen LogP contribution in [-0.2, 0) is 0 Å². The molecule has 1 aromatic rings. The molecule has 6 heteroatoms. The Morgan fingerprint density at radius 2 is 1.73 bits per heavy atom. The monoisotopic (exact) mass is 384 g/mol. The van der Waals surface area contributed by atoms with Crippen LogP contribution in [0.4, 0.5) is 0 Å². The van der Waals surface area contributed by atoms with Crippen molar-refractivity contribution in [2.75, 3.05) is 32.8 Å². The predicted octanol–water partition coefficient (Wildman–Crippen LogP) is 3.81. The topological polar surface area (TPSA) is 59.6 Å². The molecular formula is C20H33ClN2O3. The highest BCUT2D eigenvalue weighted by atomic mass is 35.5. The zero-order valence-electron chi connectivity index (χ0n) is 16.2. The van der Waals surface area contributed by atoms with Gasteiger partial charge in [-0.05, 0) is 62.4 Å². The molecule has 0 aromatic heterocycles. The van der Waals surface area contributed by atoms with E-state index >= 15 is 0 Å². The molecule has 0 radical (unpaired) electrons. The Balaban J connectivity index is 0.00000338. The Bertz CT molecular complexity index is 560. The van der Waals surface area contributed by atoms with Gasteiger partial charge in [-0.1, -0.05) is 20.8 Å². The van der Waals surface area contributed by atoms with Crippen LogP contribution in [0.15, 0.2) is 18.2 Å². The number of ether oxygens (including phenoxy) is 2. The Morgan fingerprint density at radius 3 is 2.35 bits per heavy atom. The van der Waals surface area contributed by atoms with E-state index in [1.54, 1.807) is 6.07 Å². The molecule has 0 aliphatic carbocycles. The molecule has 1 aliphatic heterocycles. The first-order chi connectivity index (χ1) is 12.1. The molecule has 1 aromatic carbocycles. The maximum absolute atomic E-state index is 12.6. The lowest BCUT2D eigenvalue weighted by Crippen LogP contribution is -2.42. The SMILES string of the molecule is CCCOc1ccc(C(=O)NCC2(C)CCNCC2)cc1OCCC.Cl. The first-order valence-corrected chi connectivity index (χ1v) is 9.46. The fourth-order valence-electron chi connectivity index (χ4n) is 2.91. The second-order valence-corrected chi connectivity index (χ2v) is 7.10. The Morgan fingerprint density at radius 1 is 1.12 bits per heavy atom. The average Bonchev–Trinajstić information content (AvgIpc) is 2.63. The highest BCUT2D eigenvalue weighted by Crippen LogP contribution is 2.30. The Kier molecular flexibility index (Phi) is 9.81. The summed E-state index contributed by atoms with van der Waals surface area (Å²) < 4.78 is 11.5. The first-order valence-electron chi connectivity index (χ1n) is 9.46. The molecule has 2 N–H and O–H groups in total. The van der Waals surface area contributed by atoms with Gasteiger partial charge in [-0.2, -0.15) is 0 Å². The molecule has 148 valence electrons. The van der Waals surface area contributed by atoms with Gasteiger partial charge in [-0.25, -0.2) is 0 Å². The number of amides is 1. The molecule has 2 rings (SSSR count). The normalized spacial score (nSPS) is 15.7. The van der Waals surface area contributed by atoms with Crippen molar-refractivity contribution < 1.29 is 14.3 Å². The molecule has 1 saturated heterocycles. The van der Waals surface area contributed by atoms with Crippen LogP contribution in [0.3, 0.4) is 0 Å². The second kappa shape index (κ2) is 11.3. The fourth-order valence-corrected chi connectivity index (χ4v) is 2.91. The van der Waals surface area contributed by atoms with Crippen LogP contribution in [-0.4, -0.2) is 38.8 Å². The lowest BCUT2D eigenvalue weighted by molar-refractivity contribution is 0.0921. The standard InChI is InChI=1S/C20H32N2O3.ClH/c1-4-12-24-17-7-6-16(14-18(17)25-13-5-2)19(23)22-15-20(3)8-10-21-11-9-20;/h6-7,14,21H,4-5,8-13,15H2,1-3H3,(H,22,23);1H. The molecule has 0 spiro atoms. The van der Waals surface area contributed by atoms with E-state index in [-0.39, 0.29) is 23.7 Å². The summed E-state index contributed by atoms with van der Waals surface area (Å²) in [4.78, 5) is 12.6. The van der Waals surface area contributed by atoms with Crippen molar-refractivity contribution in [2.45, 2.75) is 46.5 Å². The summed E-state index contributed by atoms with van der Waals surface area (Å²) in [7, 11) is 0. The summed E-state index contributed by atoms with van der Waals surface area (Å²) in [5, 5.41) is 6.46. The molecule has 1 amide bonds. The van der Waals surface area contributed by atoms with Crippen LogP contribution in [0.5, 0.6) is 11.5 Å². The number of carbonyl (C=O) groups is 1. The van der Waals surface area contributed by atoms with Gasteiger partial charge < -0.3 is 20.1 Å². The molecule has 26 heavy (non-hydrogen) atoms. The highest BCUT2D eigenvalue weighted by molar-refractivity contribution is 5.94. The first kappa shape index (κ1) is 22.6. The van der Waals surface area contributed by atoms with E-state index in [9.17, 15) is 4.79 Å². The summed E-state index contributed by atoms with van der Waals surface area (Å²) in [6.07, 6.45) is 4.02. The van der Waals surface area contributed by atoms with Gasteiger partial charge >= 0.3 is 0 Å². The quantitative estimate of drug-likeness (QED) is 0.679. The van der Waals surface area contributed by atoms with Crippen molar-refractivity contribution in [1.29, 1.82) is 0 Å². The van der Waals surface area contributed by atoms with Gasteiger partial charge in [0.15, 0.2) is 11.5 Å². The third kappa shape index (κ3) is 6.69. The van der Waals surface area contributed by atoms with Crippen molar-refractivity contribution in [2.24, 2.45) is 5.41 Å². The Labute approximate surface area is 163 Å². The van der Waals surface area contributed by atoms with Crippen LogP contribution in [0.2, 0.25) is 0 Å². The summed E-state index contributed by atoms with van der Waals surface area (Å²) in [5.41, 5.74) is 0.791. The van der Waals surface area contributed by atoms with E-state index in [4.69, 9.17) is 9.47 Å². The molecule has 1 aliphatic rings. The number of rotatable bonds is 9.